The number of phenolic OH excluding ortho intramolecular Hbond substituents is 1. The van der Waals surface area contributed by atoms with Gasteiger partial charge in [-0.25, -0.2) is 4.68 Å². The monoisotopic (exact) mass is 310 g/mol. The first-order valence-electron chi connectivity index (χ1n) is 7.78. The molecule has 23 heavy (non-hydrogen) atoms. The lowest BCUT2D eigenvalue weighted by Gasteiger charge is -2.34. The van der Waals surface area contributed by atoms with Gasteiger partial charge in [-0.05, 0) is 37.0 Å². The number of nitrogens with one attached hydrogen (secondary N) is 1. The minimum Gasteiger partial charge on any atom is -0.508 e. The van der Waals surface area contributed by atoms with Crippen molar-refractivity contribution in [2.45, 2.75) is 32.7 Å². The number of carbonyl (C=O) groups is 1. The second-order valence-electron chi connectivity index (χ2n) is 6.38. The highest BCUT2D eigenvalue weighted by molar-refractivity contribution is 5.99. The summed E-state index contributed by atoms with van der Waals surface area (Å²) in [5, 5.41) is 17.3. The van der Waals surface area contributed by atoms with Gasteiger partial charge in [-0.2, -0.15) is 10.1 Å². The molecule has 2 N–H and O–H groups in total. The fraction of sp³-hybridized carbons (Fsp3) is 0.353. The third-order valence-electron chi connectivity index (χ3n) is 4.44. The zero-order valence-electron chi connectivity index (χ0n) is 13.1. The van der Waals surface area contributed by atoms with Crippen LogP contribution in [0.4, 0.5) is 5.95 Å². The lowest BCUT2D eigenvalue weighted by atomic mass is 9.81. The van der Waals surface area contributed by atoms with Crippen molar-refractivity contribution in [3.05, 3.63) is 46.9 Å². The summed E-state index contributed by atoms with van der Waals surface area (Å²) < 4.78 is 1.77. The molecule has 2 atom stereocenters. The van der Waals surface area contributed by atoms with Gasteiger partial charge < -0.3 is 10.4 Å². The van der Waals surface area contributed by atoms with Crippen LogP contribution in [0.5, 0.6) is 5.75 Å². The minimum atomic E-state index is -0.289. The molecule has 0 radical (unpaired) electrons. The first-order valence-corrected chi connectivity index (χ1v) is 7.78. The van der Waals surface area contributed by atoms with Gasteiger partial charge in [0.05, 0.1) is 0 Å². The highest BCUT2D eigenvalue weighted by Gasteiger charge is 2.38. The number of ketones is 1. The predicted molar refractivity (Wildman–Crippen MR) is 85.1 cm³/mol. The van der Waals surface area contributed by atoms with E-state index in [1.807, 2.05) is 19.1 Å². The van der Waals surface area contributed by atoms with Gasteiger partial charge in [-0.3, -0.25) is 4.79 Å². The van der Waals surface area contributed by atoms with E-state index < -0.39 is 0 Å². The van der Waals surface area contributed by atoms with Crippen LogP contribution in [0.3, 0.4) is 0 Å². The Morgan fingerprint density at radius 3 is 2.74 bits per heavy atom. The van der Waals surface area contributed by atoms with E-state index in [2.05, 4.69) is 22.3 Å². The molecule has 0 amide bonds. The standard InChI is InChI=1S/C17H18N4O2/c1-9-7-13-15(14(23)8-9)16(11-3-5-12(22)6-4-11)21-17(19-13)18-10(2)20-21/h3-6,9,16,22H,7-8H2,1-2H3,(H,18,19,20)/t9-,16+/m0/s1. The Hall–Kier alpha value is -2.63. The van der Waals surface area contributed by atoms with Crippen LogP contribution in [0, 0.1) is 12.8 Å². The van der Waals surface area contributed by atoms with Gasteiger partial charge in [0.1, 0.15) is 17.6 Å². The molecule has 4 rings (SSSR count). The average molecular weight is 310 g/mol. The summed E-state index contributed by atoms with van der Waals surface area (Å²) in [6, 6.07) is 6.65. The van der Waals surface area contributed by atoms with E-state index in [0.29, 0.717) is 24.1 Å². The van der Waals surface area contributed by atoms with E-state index in [1.165, 1.54) is 0 Å². The second kappa shape index (κ2) is 4.94. The Kier molecular flexibility index (Phi) is 3.01. The fourth-order valence-corrected chi connectivity index (χ4v) is 3.48. The number of benzene rings is 1. The van der Waals surface area contributed by atoms with Crippen LogP contribution >= 0.6 is 0 Å². The predicted octanol–water partition coefficient (Wildman–Crippen LogP) is 2.56. The number of aromatic hydroxyl groups is 1. The molecule has 2 aromatic rings. The Morgan fingerprint density at radius 1 is 1.26 bits per heavy atom. The number of nitrogens with zero attached hydrogens (tertiary/aromatic N) is 3. The van der Waals surface area contributed by atoms with Crippen molar-refractivity contribution >= 4 is 11.7 Å². The Labute approximate surface area is 133 Å². The maximum Gasteiger partial charge on any atom is 0.226 e. The van der Waals surface area contributed by atoms with E-state index in [0.717, 1.165) is 23.3 Å². The van der Waals surface area contributed by atoms with Gasteiger partial charge in [0.25, 0.3) is 0 Å². The Balaban J connectivity index is 1.91. The molecule has 1 aromatic carbocycles. The van der Waals surface area contributed by atoms with E-state index >= 15 is 0 Å². The molecule has 6 heteroatoms. The molecule has 2 aliphatic rings. The number of hydrogen-bond donors (Lipinski definition) is 2. The number of Topliss-reactive ketones (excluding diaryl/α,β-unsaturated/α-hetero) is 1. The topological polar surface area (TPSA) is 80.0 Å². The highest BCUT2D eigenvalue weighted by Crippen LogP contribution is 2.41. The van der Waals surface area contributed by atoms with Crippen LogP contribution in [-0.2, 0) is 4.79 Å². The summed E-state index contributed by atoms with van der Waals surface area (Å²) in [5.74, 6) is 2.02. The van der Waals surface area contributed by atoms with Crippen LogP contribution in [0.25, 0.3) is 0 Å². The third kappa shape index (κ3) is 2.21. The van der Waals surface area contributed by atoms with Gasteiger partial charge in [-0.15, -0.1) is 0 Å². The largest absolute Gasteiger partial charge is 0.508 e. The second-order valence-corrected chi connectivity index (χ2v) is 6.38. The van der Waals surface area contributed by atoms with Crippen LogP contribution in [0.2, 0.25) is 0 Å². The van der Waals surface area contributed by atoms with E-state index in [-0.39, 0.29) is 17.6 Å². The molecule has 0 saturated heterocycles. The number of aryl methyl sites for hydroxylation is 1. The summed E-state index contributed by atoms with van der Waals surface area (Å²) in [6.07, 6.45) is 1.39. The lowest BCUT2D eigenvalue weighted by molar-refractivity contribution is -0.117. The van der Waals surface area contributed by atoms with Gasteiger partial charge in [0, 0.05) is 17.7 Å². The molecule has 1 aliphatic heterocycles. The summed E-state index contributed by atoms with van der Waals surface area (Å²) in [7, 11) is 0. The number of anilines is 1. The number of aromatic nitrogens is 3. The van der Waals surface area contributed by atoms with Crippen molar-refractivity contribution in [3.8, 4) is 5.75 Å². The molecule has 1 aliphatic carbocycles. The van der Waals surface area contributed by atoms with Gasteiger partial charge in [0.15, 0.2) is 5.78 Å². The summed E-state index contributed by atoms with van der Waals surface area (Å²) in [4.78, 5) is 17.1. The van der Waals surface area contributed by atoms with Crippen LogP contribution in [-0.4, -0.2) is 25.7 Å². The van der Waals surface area contributed by atoms with Crippen LogP contribution < -0.4 is 5.32 Å². The first-order chi connectivity index (χ1) is 11.0. The number of phenols is 1. The Bertz CT molecular complexity index is 820. The number of carbonyl (C=O) groups excluding carboxylic acids is 1. The lowest BCUT2D eigenvalue weighted by Crippen LogP contribution is -2.33. The zero-order valence-corrected chi connectivity index (χ0v) is 13.1. The fourth-order valence-electron chi connectivity index (χ4n) is 3.48. The molecular weight excluding hydrogens is 292 g/mol. The number of allylic oxidation sites excluding steroid dienone is 2. The molecule has 0 spiro atoms. The van der Waals surface area contributed by atoms with Crippen molar-refractivity contribution in [2.75, 3.05) is 5.32 Å². The van der Waals surface area contributed by atoms with Gasteiger partial charge >= 0.3 is 0 Å². The summed E-state index contributed by atoms with van der Waals surface area (Å²) in [5.41, 5.74) is 2.64. The number of fused-ring (bicyclic) bond motifs is 1. The maximum absolute atomic E-state index is 12.7. The molecule has 0 fully saturated rings. The van der Waals surface area contributed by atoms with Crippen molar-refractivity contribution in [3.63, 3.8) is 0 Å². The zero-order chi connectivity index (χ0) is 16.1. The summed E-state index contributed by atoms with van der Waals surface area (Å²) >= 11 is 0. The molecule has 0 unspecified atom stereocenters. The van der Waals surface area contributed by atoms with Gasteiger partial charge in [0.2, 0.25) is 5.95 Å². The third-order valence-corrected chi connectivity index (χ3v) is 4.44. The van der Waals surface area contributed by atoms with Crippen LogP contribution in [0.1, 0.15) is 37.2 Å². The van der Waals surface area contributed by atoms with Crippen molar-refractivity contribution in [2.24, 2.45) is 5.92 Å². The number of hydrogen-bond acceptors (Lipinski definition) is 5. The molecule has 6 nitrogen and oxygen atoms in total. The van der Waals surface area contributed by atoms with Crippen molar-refractivity contribution in [1.82, 2.24) is 14.8 Å². The van der Waals surface area contributed by atoms with Gasteiger partial charge in [-0.1, -0.05) is 19.1 Å². The SMILES string of the molecule is Cc1nc2n(n1)[C@H](c1ccc(O)cc1)C1=C(C[C@H](C)CC1=O)N2. The number of rotatable bonds is 1. The van der Waals surface area contributed by atoms with E-state index in [1.54, 1.807) is 16.8 Å². The smallest absolute Gasteiger partial charge is 0.226 e. The molecule has 118 valence electrons. The van der Waals surface area contributed by atoms with Crippen molar-refractivity contribution in [1.29, 1.82) is 0 Å². The van der Waals surface area contributed by atoms with E-state index in [9.17, 15) is 9.90 Å². The molecular formula is C17H18N4O2. The maximum atomic E-state index is 12.7. The first kappa shape index (κ1) is 14.0. The normalized spacial score (nSPS) is 23.3. The quantitative estimate of drug-likeness (QED) is 0.846. The highest BCUT2D eigenvalue weighted by atomic mass is 16.3. The molecule has 0 saturated carbocycles. The molecule has 1 aromatic heterocycles. The van der Waals surface area contributed by atoms with E-state index in [4.69, 9.17) is 0 Å². The molecule has 2 heterocycles. The average Bonchev–Trinajstić information content (AvgIpc) is 2.85. The Morgan fingerprint density at radius 2 is 2.00 bits per heavy atom. The van der Waals surface area contributed by atoms with Crippen LogP contribution in [0.15, 0.2) is 35.5 Å². The summed E-state index contributed by atoms with van der Waals surface area (Å²) in [6.45, 7) is 3.92. The minimum absolute atomic E-state index is 0.156. The molecule has 0 bridgehead atoms. The van der Waals surface area contributed by atoms with Crippen molar-refractivity contribution < 1.29 is 9.90 Å².